The SMILES string of the molecule is CCn1c(=O)c(=O)[nH]c2cc(C(=O)NCc3cc(Br)ccc3OC)ccc21. The number of carbonyl (C=O) groups excluding carboxylic acids is 1. The molecule has 0 atom stereocenters. The Kier molecular flexibility index (Phi) is 5.46. The van der Waals surface area contributed by atoms with Gasteiger partial charge in [0.1, 0.15) is 5.75 Å². The summed E-state index contributed by atoms with van der Waals surface area (Å²) in [5, 5.41) is 2.84. The van der Waals surface area contributed by atoms with Gasteiger partial charge >= 0.3 is 11.1 Å². The van der Waals surface area contributed by atoms with Crippen molar-refractivity contribution in [3.8, 4) is 5.75 Å². The molecule has 1 heterocycles. The molecule has 0 aliphatic carbocycles. The summed E-state index contributed by atoms with van der Waals surface area (Å²) in [6, 6.07) is 10.4. The molecule has 0 aliphatic heterocycles. The highest BCUT2D eigenvalue weighted by molar-refractivity contribution is 9.10. The quantitative estimate of drug-likeness (QED) is 0.606. The number of nitrogens with one attached hydrogen (secondary N) is 2. The van der Waals surface area contributed by atoms with Gasteiger partial charge in [0.15, 0.2) is 0 Å². The lowest BCUT2D eigenvalue weighted by molar-refractivity contribution is 0.0951. The molecule has 2 aromatic carbocycles. The van der Waals surface area contributed by atoms with E-state index in [0.29, 0.717) is 28.9 Å². The third kappa shape index (κ3) is 3.80. The minimum absolute atomic E-state index is 0.282. The molecule has 1 aromatic heterocycles. The first-order valence-electron chi connectivity index (χ1n) is 8.32. The number of aromatic amines is 1. The normalized spacial score (nSPS) is 10.8. The van der Waals surface area contributed by atoms with Crippen LogP contribution in [0, 0.1) is 0 Å². The van der Waals surface area contributed by atoms with Crippen LogP contribution in [0.25, 0.3) is 11.0 Å². The van der Waals surface area contributed by atoms with Crippen LogP contribution in [0.5, 0.6) is 5.75 Å². The Morgan fingerprint density at radius 1 is 1.22 bits per heavy atom. The molecule has 0 radical (unpaired) electrons. The predicted octanol–water partition coefficient (Wildman–Crippen LogP) is 2.41. The molecule has 2 N–H and O–H groups in total. The van der Waals surface area contributed by atoms with E-state index in [2.05, 4.69) is 26.2 Å². The number of benzene rings is 2. The Balaban J connectivity index is 1.88. The Labute approximate surface area is 163 Å². The molecule has 1 amide bonds. The number of amides is 1. The maximum atomic E-state index is 12.5. The Hall–Kier alpha value is -2.87. The lowest BCUT2D eigenvalue weighted by Crippen LogP contribution is -2.36. The number of ether oxygens (including phenoxy) is 1. The van der Waals surface area contributed by atoms with Crippen LogP contribution >= 0.6 is 15.9 Å². The number of hydrogen-bond donors (Lipinski definition) is 2. The van der Waals surface area contributed by atoms with Gasteiger partial charge in [0.05, 0.1) is 18.1 Å². The van der Waals surface area contributed by atoms with Crippen molar-refractivity contribution in [3.05, 3.63) is 72.7 Å². The van der Waals surface area contributed by atoms with Crippen LogP contribution < -0.4 is 21.2 Å². The van der Waals surface area contributed by atoms with Crippen molar-refractivity contribution in [2.75, 3.05) is 7.11 Å². The molecule has 3 rings (SSSR count). The average Bonchev–Trinajstić information content (AvgIpc) is 2.67. The van der Waals surface area contributed by atoms with Crippen LogP contribution in [0.15, 0.2) is 50.5 Å². The second-order valence-electron chi connectivity index (χ2n) is 5.87. The fourth-order valence-electron chi connectivity index (χ4n) is 2.90. The van der Waals surface area contributed by atoms with E-state index < -0.39 is 11.1 Å². The van der Waals surface area contributed by atoms with E-state index in [9.17, 15) is 14.4 Å². The van der Waals surface area contributed by atoms with Crippen molar-refractivity contribution in [1.29, 1.82) is 0 Å². The van der Waals surface area contributed by atoms with Crippen LogP contribution in [0.1, 0.15) is 22.8 Å². The van der Waals surface area contributed by atoms with Gasteiger partial charge in [0, 0.05) is 28.7 Å². The number of rotatable bonds is 5. The lowest BCUT2D eigenvalue weighted by Gasteiger charge is -2.11. The maximum Gasteiger partial charge on any atom is 0.316 e. The minimum atomic E-state index is -0.708. The van der Waals surface area contributed by atoms with Gasteiger partial charge < -0.3 is 19.6 Å². The summed E-state index contributed by atoms with van der Waals surface area (Å²) >= 11 is 3.40. The van der Waals surface area contributed by atoms with Gasteiger partial charge in [-0.15, -0.1) is 0 Å². The van der Waals surface area contributed by atoms with E-state index >= 15 is 0 Å². The molecule has 27 heavy (non-hydrogen) atoms. The first-order valence-corrected chi connectivity index (χ1v) is 9.11. The zero-order valence-electron chi connectivity index (χ0n) is 14.8. The number of hydrogen-bond acceptors (Lipinski definition) is 4. The van der Waals surface area contributed by atoms with Crippen LogP contribution in [-0.2, 0) is 13.1 Å². The summed E-state index contributed by atoms with van der Waals surface area (Å²) in [7, 11) is 1.57. The van der Waals surface area contributed by atoms with E-state index in [0.717, 1.165) is 10.0 Å². The number of methoxy groups -OCH3 is 1. The third-order valence-electron chi connectivity index (χ3n) is 4.24. The molecule has 140 valence electrons. The summed E-state index contributed by atoms with van der Waals surface area (Å²) in [6.45, 7) is 2.43. The van der Waals surface area contributed by atoms with Crippen LogP contribution in [0.3, 0.4) is 0 Å². The summed E-state index contributed by atoms with van der Waals surface area (Å²) in [5.41, 5.74) is 0.911. The van der Waals surface area contributed by atoms with E-state index in [1.54, 1.807) is 32.2 Å². The second kappa shape index (κ2) is 7.79. The molecule has 0 bridgehead atoms. The summed E-state index contributed by atoms with van der Waals surface area (Å²) in [4.78, 5) is 38.8. The van der Waals surface area contributed by atoms with E-state index in [4.69, 9.17) is 4.74 Å². The molecule has 0 unspecified atom stereocenters. The monoisotopic (exact) mass is 431 g/mol. The molecular weight excluding hydrogens is 414 g/mol. The number of fused-ring (bicyclic) bond motifs is 1. The lowest BCUT2D eigenvalue weighted by atomic mass is 10.1. The third-order valence-corrected chi connectivity index (χ3v) is 4.73. The molecule has 8 heteroatoms. The number of carbonyl (C=O) groups is 1. The van der Waals surface area contributed by atoms with Gasteiger partial charge in [-0.25, -0.2) is 0 Å². The van der Waals surface area contributed by atoms with Gasteiger partial charge in [0.25, 0.3) is 5.91 Å². The number of halogens is 1. The minimum Gasteiger partial charge on any atom is -0.496 e. The fourth-order valence-corrected chi connectivity index (χ4v) is 3.31. The highest BCUT2D eigenvalue weighted by Crippen LogP contribution is 2.23. The summed E-state index contributed by atoms with van der Waals surface area (Å²) < 4.78 is 7.56. The smallest absolute Gasteiger partial charge is 0.316 e. The highest BCUT2D eigenvalue weighted by Gasteiger charge is 2.12. The average molecular weight is 432 g/mol. The maximum absolute atomic E-state index is 12.5. The van der Waals surface area contributed by atoms with E-state index in [1.165, 1.54) is 4.57 Å². The first kappa shape index (κ1) is 18.9. The fraction of sp³-hybridized carbons (Fsp3) is 0.211. The Bertz CT molecular complexity index is 1130. The topological polar surface area (TPSA) is 93.2 Å². The molecule has 0 saturated carbocycles. The van der Waals surface area contributed by atoms with Crippen LogP contribution in [0.2, 0.25) is 0 Å². The van der Waals surface area contributed by atoms with Crippen molar-refractivity contribution in [2.45, 2.75) is 20.0 Å². The zero-order valence-corrected chi connectivity index (χ0v) is 16.4. The Morgan fingerprint density at radius 2 is 2.00 bits per heavy atom. The largest absolute Gasteiger partial charge is 0.496 e. The van der Waals surface area contributed by atoms with E-state index in [-0.39, 0.29) is 12.5 Å². The van der Waals surface area contributed by atoms with Gasteiger partial charge in [-0.1, -0.05) is 15.9 Å². The molecule has 7 nitrogen and oxygen atoms in total. The predicted molar refractivity (Wildman–Crippen MR) is 106 cm³/mol. The van der Waals surface area contributed by atoms with Gasteiger partial charge in [-0.3, -0.25) is 14.4 Å². The van der Waals surface area contributed by atoms with Crippen molar-refractivity contribution in [2.24, 2.45) is 0 Å². The molecule has 3 aromatic rings. The first-order chi connectivity index (χ1) is 12.9. The summed E-state index contributed by atoms with van der Waals surface area (Å²) in [6.07, 6.45) is 0. The zero-order chi connectivity index (χ0) is 19.6. The number of aromatic nitrogens is 2. The van der Waals surface area contributed by atoms with Crippen LogP contribution in [0.4, 0.5) is 0 Å². The van der Waals surface area contributed by atoms with Gasteiger partial charge in [-0.05, 0) is 43.3 Å². The van der Waals surface area contributed by atoms with Crippen molar-refractivity contribution < 1.29 is 9.53 Å². The molecule has 0 fully saturated rings. The summed E-state index contributed by atoms with van der Waals surface area (Å²) in [5.74, 6) is 0.377. The molecule has 0 saturated heterocycles. The standard InChI is InChI=1S/C19H18BrN3O4/c1-3-23-15-6-4-11(9-14(15)22-18(25)19(23)26)17(24)21-10-12-8-13(20)5-7-16(12)27-2/h4-9H,3,10H2,1-2H3,(H,21,24)(H,22,25). The number of H-pyrrole nitrogens is 1. The molecular formula is C19H18BrN3O4. The van der Waals surface area contributed by atoms with Crippen molar-refractivity contribution in [1.82, 2.24) is 14.9 Å². The number of nitrogens with zero attached hydrogens (tertiary/aromatic N) is 1. The van der Waals surface area contributed by atoms with Gasteiger partial charge in [-0.2, -0.15) is 0 Å². The second-order valence-corrected chi connectivity index (χ2v) is 6.79. The van der Waals surface area contributed by atoms with E-state index in [1.807, 2.05) is 18.2 Å². The molecule has 0 aliphatic rings. The van der Waals surface area contributed by atoms with Crippen molar-refractivity contribution in [3.63, 3.8) is 0 Å². The Morgan fingerprint density at radius 3 is 2.70 bits per heavy atom. The van der Waals surface area contributed by atoms with Crippen molar-refractivity contribution >= 4 is 32.9 Å². The molecule has 0 spiro atoms. The van der Waals surface area contributed by atoms with Gasteiger partial charge in [0.2, 0.25) is 0 Å². The van der Waals surface area contributed by atoms with Crippen LogP contribution in [-0.4, -0.2) is 22.6 Å². The highest BCUT2D eigenvalue weighted by atomic mass is 79.9. The number of aryl methyl sites for hydroxylation is 1.